The molecule has 0 saturated heterocycles. The largest absolute Gasteiger partial charge is 0.481 e. The number of nitrogens with zero attached hydrogens (tertiary/aromatic N) is 3. The van der Waals surface area contributed by atoms with E-state index in [2.05, 4.69) is 0 Å². The van der Waals surface area contributed by atoms with E-state index in [4.69, 9.17) is 10.2 Å². The molecule has 1 aromatic rings. The van der Waals surface area contributed by atoms with Crippen molar-refractivity contribution >= 4 is 11.8 Å². The van der Waals surface area contributed by atoms with Crippen LogP contribution in [0.3, 0.4) is 0 Å². The number of rotatable bonds is 7. The van der Waals surface area contributed by atoms with Crippen molar-refractivity contribution in [1.82, 2.24) is 13.7 Å². The molecule has 0 bridgehead atoms. The third kappa shape index (κ3) is 3.75. The summed E-state index contributed by atoms with van der Waals surface area (Å²) in [6, 6.07) is 0. The van der Waals surface area contributed by atoms with Gasteiger partial charge in [-0.2, -0.15) is 0 Å². The Morgan fingerprint density at radius 1 is 0.905 bits per heavy atom. The van der Waals surface area contributed by atoms with Crippen LogP contribution in [-0.4, -0.2) is 35.7 Å². The molecule has 1 aromatic heterocycles. The topological polar surface area (TPSA) is 141 Å². The lowest BCUT2D eigenvalue weighted by Crippen LogP contribution is -2.54. The van der Waals surface area contributed by atoms with Crippen molar-refractivity contribution in [3.63, 3.8) is 0 Å². The molecule has 10 nitrogen and oxygen atoms in total. The molecule has 2 N–H and O–H groups in total. The molecular formula is C11H15N3O7. The third-order valence-electron chi connectivity index (χ3n) is 2.76. The van der Waals surface area contributed by atoms with E-state index in [1.54, 1.807) is 0 Å². The molecule has 116 valence electrons. The fraction of sp³-hybridized carbons (Fsp3) is 0.545. The summed E-state index contributed by atoms with van der Waals surface area (Å²) in [7, 11) is 0. The van der Waals surface area contributed by atoms with Crippen molar-refractivity contribution in [2.24, 2.45) is 0 Å². The van der Waals surface area contributed by atoms with Gasteiger partial charge in [-0.3, -0.25) is 9.59 Å². The monoisotopic (exact) mass is 301 g/mol. The highest BCUT2D eigenvalue weighted by Crippen LogP contribution is 1.86. The number of aliphatic carboxylic acids is 1. The van der Waals surface area contributed by atoms with E-state index in [0.717, 1.165) is 0 Å². The number of carboxylic acids is 1. The van der Waals surface area contributed by atoms with Gasteiger partial charge in [0.25, 0.3) is 0 Å². The number of hydrogen-bond acceptors (Lipinski definition) is 6. The molecule has 0 unspecified atom stereocenters. The minimum absolute atomic E-state index is 0.0995. The second-order valence-electron chi connectivity index (χ2n) is 4.32. The first kappa shape index (κ1) is 16.6. The molecule has 0 aliphatic carbocycles. The summed E-state index contributed by atoms with van der Waals surface area (Å²) in [5, 5.41) is 17.6. The van der Waals surface area contributed by atoms with Crippen LogP contribution in [0.25, 0.3) is 0 Å². The van der Waals surface area contributed by atoms with Crippen molar-refractivity contribution in [2.75, 3.05) is 0 Å². The van der Waals surface area contributed by atoms with E-state index in [1.807, 2.05) is 0 Å². The lowest BCUT2D eigenvalue weighted by molar-refractivity contribution is -0.137. The Morgan fingerprint density at radius 3 is 1.71 bits per heavy atom. The maximum absolute atomic E-state index is 12.0. The maximum Gasteiger partial charge on any atom is 0.338 e. The van der Waals surface area contributed by atoms with Gasteiger partial charge in [-0.25, -0.2) is 28.1 Å². The van der Waals surface area contributed by atoms with E-state index >= 15 is 0 Å². The van der Waals surface area contributed by atoms with Crippen LogP contribution in [0.15, 0.2) is 14.4 Å². The van der Waals surface area contributed by atoms with E-state index < -0.39 is 42.7 Å². The zero-order valence-corrected chi connectivity index (χ0v) is 11.3. The van der Waals surface area contributed by atoms with Crippen LogP contribution in [0, 0.1) is 0 Å². The number of Topliss-reactive ketones (excluding diaryl/α,β-unsaturated/α-hetero) is 1. The van der Waals surface area contributed by atoms with Crippen LogP contribution in [0.1, 0.15) is 19.8 Å². The van der Waals surface area contributed by atoms with Crippen molar-refractivity contribution in [3.05, 3.63) is 31.5 Å². The van der Waals surface area contributed by atoms with Gasteiger partial charge < -0.3 is 10.2 Å². The summed E-state index contributed by atoms with van der Waals surface area (Å²) >= 11 is 0. The first-order valence-corrected chi connectivity index (χ1v) is 6.06. The van der Waals surface area contributed by atoms with E-state index in [-0.39, 0.29) is 18.7 Å². The molecule has 0 spiro atoms. The quantitative estimate of drug-likeness (QED) is 0.570. The first-order valence-electron chi connectivity index (χ1n) is 6.06. The zero-order chi connectivity index (χ0) is 16.2. The molecule has 0 fully saturated rings. The Balaban J connectivity index is 3.43. The molecule has 0 atom stereocenters. The molecule has 1 rings (SSSR count). The Morgan fingerprint density at radius 2 is 1.33 bits per heavy atom. The number of aromatic nitrogens is 3. The number of aliphatic hydroxyl groups excluding tert-OH is 1. The fourth-order valence-corrected chi connectivity index (χ4v) is 1.66. The number of carbonyl (C=O) groups is 2. The average molecular weight is 301 g/mol. The Hall–Kier alpha value is -2.49. The second-order valence-corrected chi connectivity index (χ2v) is 4.32. The Bertz CT molecular complexity index is 669. The van der Waals surface area contributed by atoms with Gasteiger partial charge in [0.15, 0.2) is 0 Å². The predicted octanol–water partition coefficient (Wildman–Crippen LogP) is -2.42. The molecule has 0 radical (unpaired) electrons. The van der Waals surface area contributed by atoms with Gasteiger partial charge in [0, 0.05) is 19.5 Å². The minimum Gasteiger partial charge on any atom is -0.481 e. The van der Waals surface area contributed by atoms with Crippen molar-refractivity contribution in [1.29, 1.82) is 0 Å². The first-order chi connectivity index (χ1) is 9.79. The normalized spacial score (nSPS) is 10.6. The van der Waals surface area contributed by atoms with Crippen LogP contribution in [0.2, 0.25) is 0 Å². The van der Waals surface area contributed by atoms with Gasteiger partial charge in [-0.05, 0) is 6.92 Å². The van der Waals surface area contributed by atoms with Gasteiger partial charge in [0.05, 0.1) is 6.42 Å². The zero-order valence-electron chi connectivity index (χ0n) is 11.3. The van der Waals surface area contributed by atoms with Crippen LogP contribution in [-0.2, 0) is 29.4 Å². The number of carbonyl (C=O) groups excluding carboxylic acids is 1. The van der Waals surface area contributed by atoms with Gasteiger partial charge in [-0.1, -0.05) is 0 Å². The highest BCUT2D eigenvalue weighted by molar-refractivity contribution is 5.75. The molecule has 0 amide bonds. The van der Waals surface area contributed by atoms with Crippen molar-refractivity contribution < 1.29 is 19.8 Å². The smallest absolute Gasteiger partial charge is 0.338 e. The minimum atomic E-state index is -1.22. The molecule has 0 aliphatic rings. The fourth-order valence-electron chi connectivity index (χ4n) is 1.66. The van der Waals surface area contributed by atoms with Gasteiger partial charge in [0.2, 0.25) is 0 Å². The summed E-state index contributed by atoms with van der Waals surface area (Å²) < 4.78 is 1.57. The molecule has 0 saturated carbocycles. The summed E-state index contributed by atoms with van der Waals surface area (Å²) in [4.78, 5) is 57.2. The number of aliphatic hydroxyl groups is 1. The van der Waals surface area contributed by atoms with Gasteiger partial charge in [-0.15, -0.1) is 0 Å². The standard InChI is InChI=1S/C11H15N3O7/c1-7(16)2-4-12-9(19)13(5-3-8(17)18)11(21)14(6-15)10(12)20/h15H,2-6H2,1H3,(H,17,18). The second kappa shape index (κ2) is 6.79. The SMILES string of the molecule is CC(=O)CCn1c(=O)n(CO)c(=O)n(CCC(=O)O)c1=O. The van der Waals surface area contributed by atoms with Crippen molar-refractivity contribution in [2.45, 2.75) is 39.6 Å². The molecular weight excluding hydrogens is 286 g/mol. The van der Waals surface area contributed by atoms with Gasteiger partial charge in [0.1, 0.15) is 12.5 Å². The Kier molecular flexibility index (Phi) is 5.36. The summed E-state index contributed by atoms with van der Waals surface area (Å²) in [6.45, 7) is -0.366. The van der Waals surface area contributed by atoms with Crippen LogP contribution < -0.4 is 17.1 Å². The van der Waals surface area contributed by atoms with Crippen LogP contribution in [0.4, 0.5) is 0 Å². The average Bonchev–Trinajstić information content (AvgIpc) is 2.38. The predicted molar refractivity (Wildman–Crippen MR) is 69.0 cm³/mol. The van der Waals surface area contributed by atoms with Gasteiger partial charge >= 0.3 is 23.0 Å². The van der Waals surface area contributed by atoms with E-state index in [9.17, 15) is 24.0 Å². The summed E-state index contributed by atoms with van der Waals surface area (Å²) in [5.74, 6) is -1.49. The van der Waals surface area contributed by atoms with E-state index in [0.29, 0.717) is 13.7 Å². The Labute approximate surface area is 117 Å². The number of carboxylic acid groups (broad SMARTS) is 1. The molecule has 0 aliphatic heterocycles. The number of ketones is 1. The summed E-state index contributed by atoms with van der Waals surface area (Å²) in [5.41, 5.74) is -3.13. The van der Waals surface area contributed by atoms with Crippen molar-refractivity contribution in [3.8, 4) is 0 Å². The molecule has 0 aromatic carbocycles. The lowest BCUT2D eigenvalue weighted by atomic mass is 10.3. The number of hydrogen-bond donors (Lipinski definition) is 2. The summed E-state index contributed by atoms with van der Waals surface area (Å²) in [6.07, 6.45) is -0.594. The maximum atomic E-state index is 12.0. The molecule has 21 heavy (non-hydrogen) atoms. The third-order valence-corrected chi connectivity index (χ3v) is 2.76. The molecule has 10 heteroatoms. The highest BCUT2D eigenvalue weighted by Gasteiger charge is 2.15. The highest BCUT2D eigenvalue weighted by atomic mass is 16.4. The van der Waals surface area contributed by atoms with Crippen LogP contribution >= 0.6 is 0 Å². The van der Waals surface area contributed by atoms with E-state index in [1.165, 1.54) is 6.92 Å². The molecule has 1 heterocycles. The lowest BCUT2D eigenvalue weighted by Gasteiger charge is -2.11. The van der Waals surface area contributed by atoms with Crippen LogP contribution in [0.5, 0.6) is 0 Å².